The molecule has 9 heteroatoms. The molecule has 0 atom stereocenters. The molecule has 1 aliphatic carbocycles. The van der Waals surface area contributed by atoms with Crippen molar-refractivity contribution in [3.63, 3.8) is 0 Å². The van der Waals surface area contributed by atoms with Crippen LogP contribution in [0.1, 0.15) is 55.6 Å². The predicted molar refractivity (Wildman–Crippen MR) is 114 cm³/mol. The molecule has 3 aromatic rings. The van der Waals surface area contributed by atoms with E-state index >= 15 is 0 Å². The van der Waals surface area contributed by atoms with Gasteiger partial charge in [0.1, 0.15) is 5.82 Å². The lowest BCUT2D eigenvalue weighted by atomic mass is 9.93. The molecule has 1 aliphatic heterocycles. The highest BCUT2D eigenvalue weighted by atomic mass is 16.3. The van der Waals surface area contributed by atoms with Crippen molar-refractivity contribution in [2.24, 2.45) is 5.10 Å². The number of nitriles is 1. The molecule has 0 spiro atoms. The molecule has 3 heterocycles. The van der Waals surface area contributed by atoms with Gasteiger partial charge in [0.25, 0.3) is 0 Å². The van der Waals surface area contributed by atoms with Gasteiger partial charge in [-0.1, -0.05) is 30.3 Å². The Hall–Kier alpha value is -3.48. The zero-order valence-electron chi connectivity index (χ0n) is 17.5. The molecule has 1 aromatic carbocycles. The zero-order valence-corrected chi connectivity index (χ0v) is 17.5. The van der Waals surface area contributed by atoms with Gasteiger partial charge in [-0.25, -0.2) is 5.53 Å². The summed E-state index contributed by atoms with van der Waals surface area (Å²) in [5.41, 5.74) is 8.13. The first-order valence-corrected chi connectivity index (χ1v) is 10.3. The summed E-state index contributed by atoms with van der Waals surface area (Å²) < 4.78 is 2.01. The maximum absolute atomic E-state index is 10.5. The molecule has 1 saturated carbocycles. The van der Waals surface area contributed by atoms with Crippen molar-refractivity contribution >= 4 is 11.5 Å². The summed E-state index contributed by atoms with van der Waals surface area (Å²) in [7, 11) is 0. The molecule has 1 fully saturated rings. The van der Waals surface area contributed by atoms with Gasteiger partial charge in [0.15, 0.2) is 11.5 Å². The number of hydrazine groups is 2. The molecule has 3 N–H and O–H groups in total. The average Bonchev–Trinajstić information content (AvgIpc) is 3.22. The van der Waals surface area contributed by atoms with Crippen LogP contribution in [0.2, 0.25) is 0 Å². The number of hydrazone groups is 1. The monoisotopic (exact) mass is 416 g/mol. The summed E-state index contributed by atoms with van der Waals surface area (Å²) in [6, 6.07) is 14.3. The number of benzene rings is 1. The van der Waals surface area contributed by atoms with Gasteiger partial charge in [-0.15, -0.1) is 20.8 Å². The first kappa shape index (κ1) is 19.5. The van der Waals surface area contributed by atoms with Gasteiger partial charge < -0.3 is 5.11 Å². The lowest BCUT2D eigenvalue weighted by Crippen LogP contribution is -2.41. The Labute approximate surface area is 180 Å². The minimum absolute atomic E-state index is 0.176. The van der Waals surface area contributed by atoms with Crippen LogP contribution in [-0.4, -0.2) is 37.1 Å². The van der Waals surface area contributed by atoms with Crippen LogP contribution in [0.5, 0.6) is 0 Å². The van der Waals surface area contributed by atoms with Crippen molar-refractivity contribution in [3.8, 4) is 6.07 Å². The second-order valence-corrected chi connectivity index (χ2v) is 8.58. The van der Waals surface area contributed by atoms with E-state index in [9.17, 15) is 5.11 Å². The Kier molecular flexibility index (Phi) is 4.43. The van der Waals surface area contributed by atoms with Crippen LogP contribution < -0.4 is 11.1 Å². The molecule has 5 rings (SSSR count). The second-order valence-electron chi connectivity index (χ2n) is 8.58. The fourth-order valence-corrected chi connectivity index (χ4v) is 4.22. The van der Waals surface area contributed by atoms with E-state index in [1.807, 2.05) is 39.9 Å². The van der Waals surface area contributed by atoms with Crippen molar-refractivity contribution in [3.05, 3.63) is 65.1 Å². The molecule has 2 aromatic heterocycles. The van der Waals surface area contributed by atoms with Crippen LogP contribution in [-0.2, 0) is 11.0 Å². The molecule has 0 saturated heterocycles. The maximum Gasteiger partial charge on any atom is 0.173 e. The van der Waals surface area contributed by atoms with Gasteiger partial charge in [0, 0.05) is 17.3 Å². The SMILES string of the molecule is CC(C)(O)c1cccn2c(C3(c4ccc(C5=NNNN5CCC#N)cc4)CC3)nnc12. The lowest BCUT2D eigenvalue weighted by molar-refractivity contribution is 0.0796. The number of aromatic nitrogens is 3. The van der Waals surface area contributed by atoms with Crippen molar-refractivity contribution < 1.29 is 5.11 Å². The Balaban J connectivity index is 1.47. The standard InChI is InChI=1S/C22H24N8O/c1-21(2,31)17-5-3-13-29-19(17)24-26-20(29)22(10-11-22)16-8-6-15(7-9-16)18-25-27-28-30(18)14-4-12-23/h3,5-9,13,27-28,31H,4,10-11,14H2,1-2H3. The Morgan fingerprint density at radius 3 is 2.65 bits per heavy atom. The molecule has 31 heavy (non-hydrogen) atoms. The van der Waals surface area contributed by atoms with Crippen molar-refractivity contribution in [1.29, 1.82) is 5.26 Å². The third-order valence-electron chi connectivity index (χ3n) is 6.02. The third kappa shape index (κ3) is 3.21. The van der Waals surface area contributed by atoms with E-state index in [4.69, 9.17) is 5.26 Å². The van der Waals surface area contributed by atoms with Gasteiger partial charge >= 0.3 is 0 Å². The first-order valence-electron chi connectivity index (χ1n) is 10.3. The van der Waals surface area contributed by atoms with Crippen LogP contribution in [0.15, 0.2) is 47.7 Å². The topological polar surface area (TPSA) is 114 Å². The van der Waals surface area contributed by atoms with Gasteiger partial charge in [-0.05, 0) is 38.3 Å². The second kappa shape index (κ2) is 7.04. The van der Waals surface area contributed by atoms with E-state index in [1.54, 1.807) is 13.8 Å². The van der Waals surface area contributed by atoms with Crippen LogP contribution in [0, 0.1) is 11.3 Å². The molecule has 0 radical (unpaired) electrons. The van der Waals surface area contributed by atoms with Crippen LogP contribution >= 0.6 is 0 Å². The predicted octanol–water partition coefficient (Wildman–Crippen LogP) is 1.94. The number of nitrogens with one attached hydrogen (secondary N) is 2. The summed E-state index contributed by atoms with van der Waals surface area (Å²) in [5, 5.41) is 34.5. The Morgan fingerprint density at radius 2 is 1.97 bits per heavy atom. The van der Waals surface area contributed by atoms with Crippen LogP contribution in [0.25, 0.3) is 5.65 Å². The summed E-state index contributed by atoms with van der Waals surface area (Å²) in [6.45, 7) is 4.07. The van der Waals surface area contributed by atoms with Crippen molar-refractivity contribution in [2.45, 2.75) is 44.1 Å². The van der Waals surface area contributed by atoms with E-state index in [0.717, 1.165) is 35.6 Å². The molecule has 2 aliphatic rings. The molecule has 0 unspecified atom stereocenters. The minimum atomic E-state index is -0.993. The van der Waals surface area contributed by atoms with E-state index in [1.165, 1.54) is 5.56 Å². The normalized spacial score (nSPS) is 17.4. The summed E-state index contributed by atoms with van der Waals surface area (Å²) in [6.07, 6.45) is 4.37. The molecule has 158 valence electrons. The molecule has 0 amide bonds. The highest BCUT2D eigenvalue weighted by Crippen LogP contribution is 2.52. The quantitative estimate of drug-likeness (QED) is 0.563. The summed E-state index contributed by atoms with van der Waals surface area (Å²) >= 11 is 0. The number of hydrogen-bond donors (Lipinski definition) is 3. The van der Waals surface area contributed by atoms with E-state index in [-0.39, 0.29) is 5.41 Å². The number of pyridine rings is 1. The number of aliphatic hydroxyl groups is 1. The molecule has 9 nitrogen and oxygen atoms in total. The average molecular weight is 416 g/mol. The fourth-order valence-electron chi connectivity index (χ4n) is 4.22. The highest BCUT2D eigenvalue weighted by molar-refractivity contribution is 5.99. The summed E-state index contributed by atoms with van der Waals surface area (Å²) in [4.78, 5) is 0. The van der Waals surface area contributed by atoms with E-state index < -0.39 is 5.60 Å². The number of hydrogen-bond acceptors (Lipinski definition) is 8. The summed E-state index contributed by atoms with van der Waals surface area (Å²) in [5.74, 6) is 1.66. The zero-order chi connectivity index (χ0) is 21.6. The van der Waals surface area contributed by atoms with Crippen LogP contribution in [0.3, 0.4) is 0 Å². The highest BCUT2D eigenvalue weighted by Gasteiger charge is 2.50. The smallest absolute Gasteiger partial charge is 0.173 e. The lowest BCUT2D eigenvalue weighted by Gasteiger charge is -2.20. The van der Waals surface area contributed by atoms with E-state index in [0.29, 0.717) is 18.6 Å². The number of rotatable bonds is 6. The van der Waals surface area contributed by atoms with Gasteiger partial charge in [-0.3, -0.25) is 9.41 Å². The number of amidine groups is 1. The van der Waals surface area contributed by atoms with Crippen molar-refractivity contribution in [2.75, 3.05) is 6.54 Å². The first-order chi connectivity index (χ1) is 14.9. The number of fused-ring (bicyclic) bond motifs is 1. The van der Waals surface area contributed by atoms with Gasteiger partial charge in [0.2, 0.25) is 0 Å². The minimum Gasteiger partial charge on any atom is -0.386 e. The van der Waals surface area contributed by atoms with Gasteiger partial charge in [-0.2, -0.15) is 5.26 Å². The largest absolute Gasteiger partial charge is 0.386 e. The van der Waals surface area contributed by atoms with Crippen molar-refractivity contribution in [1.82, 2.24) is 30.7 Å². The van der Waals surface area contributed by atoms with Gasteiger partial charge in [0.05, 0.1) is 30.1 Å². The third-order valence-corrected chi connectivity index (χ3v) is 6.02. The van der Waals surface area contributed by atoms with E-state index in [2.05, 4.69) is 44.6 Å². The fraction of sp³-hybridized carbons (Fsp3) is 0.364. The molecule has 0 bridgehead atoms. The number of nitrogens with zero attached hydrogens (tertiary/aromatic N) is 6. The van der Waals surface area contributed by atoms with Crippen LogP contribution in [0.4, 0.5) is 0 Å². The Bertz CT molecular complexity index is 1190. The maximum atomic E-state index is 10.5. The molecular weight excluding hydrogens is 392 g/mol. The molecular formula is C22H24N8O. The Morgan fingerprint density at radius 1 is 1.19 bits per heavy atom.